The molecule has 2 aromatic rings. The van der Waals surface area contributed by atoms with Crippen molar-refractivity contribution in [1.82, 2.24) is 4.98 Å². The summed E-state index contributed by atoms with van der Waals surface area (Å²) in [5.41, 5.74) is 1.52. The van der Waals surface area contributed by atoms with Gasteiger partial charge in [0.05, 0.1) is 22.1 Å². The van der Waals surface area contributed by atoms with Gasteiger partial charge in [-0.3, -0.25) is 15.1 Å². The highest BCUT2D eigenvalue weighted by Gasteiger charge is 2.24. The van der Waals surface area contributed by atoms with Crippen molar-refractivity contribution in [1.29, 1.82) is 0 Å². The third-order valence-electron chi connectivity index (χ3n) is 3.43. The van der Waals surface area contributed by atoms with Crippen molar-refractivity contribution in [3.8, 4) is 0 Å². The average molecular weight is 259 g/mol. The smallest absolute Gasteiger partial charge is 0.278 e. The van der Waals surface area contributed by atoms with Crippen molar-refractivity contribution in [3.63, 3.8) is 0 Å². The summed E-state index contributed by atoms with van der Waals surface area (Å²) < 4.78 is 0. The third-order valence-corrected chi connectivity index (χ3v) is 3.43. The van der Waals surface area contributed by atoms with Gasteiger partial charge in [0.15, 0.2) is 0 Å². The van der Waals surface area contributed by atoms with Crippen molar-refractivity contribution in [2.45, 2.75) is 12.5 Å². The second-order valence-electron chi connectivity index (χ2n) is 4.65. The zero-order valence-electron chi connectivity index (χ0n) is 10.2. The fourth-order valence-corrected chi connectivity index (χ4v) is 2.52. The van der Waals surface area contributed by atoms with Gasteiger partial charge in [-0.05, 0) is 24.6 Å². The van der Waals surface area contributed by atoms with Crippen molar-refractivity contribution in [2.24, 2.45) is 0 Å². The number of fused-ring (bicyclic) bond motifs is 1. The second-order valence-corrected chi connectivity index (χ2v) is 4.65. The summed E-state index contributed by atoms with van der Waals surface area (Å²) in [6.07, 6.45) is 2.00. The van der Waals surface area contributed by atoms with Crippen LogP contribution in [0.3, 0.4) is 0 Å². The fourth-order valence-electron chi connectivity index (χ4n) is 2.52. The molecule has 6 heteroatoms. The number of pyridine rings is 1. The van der Waals surface area contributed by atoms with Crippen LogP contribution in [0.4, 0.5) is 11.4 Å². The molecule has 3 rings (SSSR count). The molecule has 1 atom stereocenters. The van der Waals surface area contributed by atoms with Crippen molar-refractivity contribution in [2.75, 3.05) is 18.0 Å². The molecule has 1 fully saturated rings. The summed E-state index contributed by atoms with van der Waals surface area (Å²) in [6.45, 7) is 1.29. The molecule has 0 bridgehead atoms. The quantitative estimate of drug-likeness (QED) is 0.656. The van der Waals surface area contributed by atoms with Gasteiger partial charge in [0.1, 0.15) is 5.52 Å². The number of nitrogens with zero attached hydrogens (tertiary/aromatic N) is 3. The van der Waals surface area contributed by atoms with Crippen LogP contribution in [0.25, 0.3) is 10.9 Å². The van der Waals surface area contributed by atoms with E-state index >= 15 is 0 Å². The normalized spacial score (nSPS) is 19.0. The number of hydrogen-bond donors (Lipinski definition) is 1. The molecule has 0 amide bonds. The molecule has 1 aromatic heterocycles. The molecule has 0 spiro atoms. The molecule has 0 unspecified atom stereocenters. The molecule has 0 saturated carbocycles. The van der Waals surface area contributed by atoms with Crippen LogP contribution >= 0.6 is 0 Å². The van der Waals surface area contributed by atoms with Gasteiger partial charge >= 0.3 is 0 Å². The van der Waals surface area contributed by atoms with Crippen molar-refractivity contribution < 1.29 is 10.0 Å². The van der Waals surface area contributed by atoms with Crippen LogP contribution in [0.5, 0.6) is 0 Å². The standard InChI is InChI=1S/C13H13N3O3/c17-9-5-7-15(8-9)12-4-3-11(16(18)19)10-2-1-6-14-13(10)12/h1-4,6,9,17H,5,7-8H2/t9-/m0/s1. The zero-order valence-corrected chi connectivity index (χ0v) is 10.2. The molecular weight excluding hydrogens is 246 g/mol. The Morgan fingerprint density at radius 1 is 1.42 bits per heavy atom. The van der Waals surface area contributed by atoms with E-state index in [0.717, 1.165) is 12.2 Å². The number of anilines is 1. The minimum absolute atomic E-state index is 0.0617. The van der Waals surface area contributed by atoms with Crippen molar-refractivity contribution in [3.05, 3.63) is 40.6 Å². The summed E-state index contributed by atoms with van der Waals surface area (Å²) in [7, 11) is 0. The molecule has 0 radical (unpaired) electrons. The van der Waals surface area contributed by atoms with Gasteiger partial charge in [-0.1, -0.05) is 0 Å². The van der Waals surface area contributed by atoms with E-state index in [1.807, 2.05) is 4.90 Å². The van der Waals surface area contributed by atoms with E-state index in [9.17, 15) is 15.2 Å². The van der Waals surface area contributed by atoms with Crippen LogP contribution in [0.15, 0.2) is 30.5 Å². The first-order valence-corrected chi connectivity index (χ1v) is 6.12. The molecule has 1 aromatic carbocycles. The zero-order chi connectivity index (χ0) is 13.4. The average Bonchev–Trinajstić information content (AvgIpc) is 2.83. The molecule has 1 saturated heterocycles. The molecule has 98 valence electrons. The Morgan fingerprint density at radius 2 is 2.26 bits per heavy atom. The lowest BCUT2D eigenvalue weighted by atomic mass is 10.1. The highest BCUT2D eigenvalue weighted by atomic mass is 16.6. The molecule has 1 aliphatic rings. The summed E-state index contributed by atoms with van der Waals surface area (Å²) in [4.78, 5) is 16.9. The lowest BCUT2D eigenvalue weighted by molar-refractivity contribution is -0.383. The number of hydrogen-bond acceptors (Lipinski definition) is 5. The maximum atomic E-state index is 11.0. The van der Waals surface area contributed by atoms with E-state index < -0.39 is 4.92 Å². The van der Waals surface area contributed by atoms with Gasteiger partial charge in [0, 0.05) is 25.4 Å². The maximum absolute atomic E-state index is 11.0. The number of β-amino-alcohol motifs (C(OH)–C–C–N with tert-alkyl or cyclic N) is 1. The van der Waals surface area contributed by atoms with Gasteiger partial charge in [-0.2, -0.15) is 0 Å². The SMILES string of the molecule is O=[N+]([O-])c1ccc(N2CC[C@H](O)C2)c2ncccc12. The van der Waals surface area contributed by atoms with Gasteiger partial charge in [0.25, 0.3) is 5.69 Å². The number of aliphatic hydroxyl groups excluding tert-OH is 1. The Hall–Kier alpha value is -2.21. The number of nitro benzene ring substituents is 1. The number of rotatable bonds is 2. The fraction of sp³-hybridized carbons (Fsp3) is 0.308. The number of non-ortho nitro benzene ring substituents is 1. The lowest BCUT2D eigenvalue weighted by Gasteiger charge is -2.19. The topological polar surface area (TPSA) is 79.5 Å². The molecule has 1 aliphatic heterocycles. The first-order chi connectivity index (χ1) is 9.16. The monoisotopic (exact) mass is 259 g/mol. The van der Waals surface area contributed by atoms with E-state index in [4.69, 9.17) is 0 Å². The van der Waals surface area contributed by atoms with E-state index in [1.165, 1.54) is 6.07 Å². The number of aromatic nitrogens is 1. The molecule has 1 N–H and O–H groups in total. The molecule has 2 heterocycles. The summed E-state index contributed by atoms with van der Waals surface area (Å²) in [5.74, 6) is 0. The van der Waals surface area contributed by atoms with E-state index in [-0.39, 0.29) is 11.8 Å². The lowest BCUT2D eigenvalue weighted by Crippen LogP contribution is -2.21. The number of benzene rings is 1. The van der Waals surface area contributed by atoms with Crippen molar-refractivity contribution >= 4 is 22.3 Å². The Labute approximate surface area is 109 Å². The second kappa shape index (κ2) is 4.47. The summed E-state index contributed by atoms with van der Waals surface area (Å²) >= 11 is 0. The van der Waals surface area contributed by atoms with Crippen LogP contribution in [-0.4, -0.2) is 34.2 Å². The van der Waals surface area contributed by atoms with E-state index in [2.05, 4.69) is 4.98 Å². The predicted molar refractivity (Wildman–Crippen MR) is 71.2 cm³/mol. The van der Waals surface area contributed by atoms with Gasteiger partial charge in [-0.15, -0.1) is 0 Å². The first kappa shape index (κ1) is 11.9. The summed E-state index contributed by atoms with van der Waals surface area (Å²) in [6, 6.07) is 6.62. The molecule has 6 nitrogen and oxygen atoms in total. The first-order valence-electron chi connectivity index (χ1n) is 6.12. The van der Waals surface area contributed by atoms with E-state index in [1.54, 1.807) is 24.4 Å². The largest absolute Gasteiger partial charge is 0.391 e. The number of nitro groups is 1. The Balaban J connectivity index is 2.17. The van der Waals surface area contributed by atoms with Gasteiger partial charge in [0.2, 0.25) is 0 Å². The molecular formula is C13H13N3O3. The van der Waals surface area contributed by atoms with Crippen LogP contribution < -0.4 is 4.90 Å². The van der Waals surface area contributed by atoms with Gasteiger partial charge in [-0.25, -0.2) is 0 Å². The predicted octanol–water partition coefficient (Wildman–Crippen LogP) is 1.71. The summed E-state index contributed by atoms with van der Waals surface area (Å²) in [5, 5.41) is 21.2. The Bertz CT molecular complexity index is 644. The highest BCUT2D eigenvalue weighted by Crippen LogP contribution is 2.33. The Kier molecular flexibility index (Phi) is 2.79. The molecule has 19 heavy (non-hydrogen) atoms. The van der Waals surface area contributed by atoms with Crippen LogP contribution in [0.2, 0.25) is 0 Å². The minimum atomic E-state index is -0.396. The number of aliphatic hydroxyl groups is 1. The van der Waals surface area contributed by atoms with Crippen LogP contribution in [0.1, 0.15) is 6.42 Å². The third kappa shape index (κ3) is 2.00. The van der Waals surface area contributed by atoms with Crippen LogP contribution in [-0.2, 0) is 0 Å². The van der Waals surface area contributed by atoms with E-state index in [0.29, 0.717) is 23.9 Å². The van der Waals surface area contributed by atoms with Gasteiger partial charge < -0.3 is 10.0 Å². The van der Waals surface area contributed by atoms with Crippen LogP contribution in [0, 0.1) is 10.1 Å². The maximum Gasteiger partial charge on any atom is 0.278 e. The highest BCUT2D eigenvalue weighted by molar-refractivity contribution is 5.97. The molecule has 0 aliphatic carbocycles. The Morgan fingerprint density at radius 3 is 2.95 bits per heavy atom. The minimum Gasteiger partial charge on any atom is -0.391 e.